The van der Waals surface area contributed by atoms with E-state index in [0.29, 0.717) is 41.8 Å². The average molecular weight is 450 g/mol. The van der Waals surface area contributed by atoms with Crippen molar-refractivity contribution in [3.8, 4) is 5.88 Å². The zero-order valence-corrected chi connectivity index (χ0v) is 19.4. The molecule has 1 heterocycles. The lowest BCUT2D eigenvalue weighted by molar-refractivity contribution is -0.116. The number of rotatable bonds is 5. The number of amides is 1. The van der Waals surface area contributed by atoms with E-state index in [4.69, 9.17) is 4.74 Å². The smallest absolute Gasteiger partial charge is 0.233 e. The summed E-state index contributed by atoms with van der Waals surface area (Å²) in [5, 5.41) is 10.8. The molecule has 6 heteroatoms. The highest BCUT2D eigenvalue weighted by Crippen LogP contribution is 2.65. The summed E-state index contributed by atoms with van der Waals surface area (Å²) in [6, 6.07) is 8.76. The third kappa shape index (κ3) is 3.94. The van der Waals surface area contributed by atoms with Crippen LogP contribution in [0.5, 0.6) is 5.88 Å². The van der Waals surface area contributed by atoms with Gasteiger partial charge in [0.05, 0.1) is 7.11 Å². The fourth-order valence-corrected chi connectivity index (χ4v) is 7.06. The van der Waals surface area contributed by atoms with E-state index in [0.717, 1.165) is 38.5 Å². The Labute approximate surface area is 194 Å². The van der Waals surface area contributed by atoms with Gasteiger partial charge in [-0.2, -0.15) is 0 Å². The molecule has 5 rings (SSSR count). The number of aryl methyl sites for hydroxylation is 1. The molecule has 1 aromatic heterocycles. The molecular weight excluding hydrogens is 417 g/mol. The number of hydrogen-bond donors (Lipinski definition) is 1. The quantitative estimate of drug-likeness (QED) is 0.597. The molecule has 0 bridgehead atoms. The number of carbonyl (C=O) groups excluding carboxylic acids is 1. The molecule has 1 aromatic carbocycles. The monoisotopic (exact) mass is 449 g/mol. The minimum atomic E-state index is -0.132. The molecule has 2 fully saturated rings. The van der Waals surface area contributed by atoms with Crippen LogP contribution in [0.1, 0.15) is 62.5 Å². The predicted octanol–water partition coefficient (Wildman–Crippen LogP) is 5.68. The van der Waals surface area contributed by atoms with Crippen LogP contribution in [0.2, 0.25) is 0 Å². The lowest BCUT2D eigenvalue weighted by atomic mass is 9.53. The number of allylic oxidation sites excluding steroid dienone is 1. The van der Waals surface area contributed by atoms with Gasteiger partial charge >= 0.3 is 0 Å². The number of hydrogen-bond acceptors (Lipinski definition) is 4. The summed E-state index contributed by atoms with van der Waals surface area (Å²) in [4.78, 5) is 12.7. The number of fused-ring (bicyclic) bond motifs is 5. The molecule has 3 aliphatic carbocycles. The summed E-state index contributed by atoms with van der Waals surface area (Å²) in [7, 11) is 1.53. The molecule has 3 aliphatic rings. The SMILES string of the molecule is C=C1C[C@@H](CCC(=O)Nc2ccc(OC)nn2)C2C3CCc4cc(F)ccc4C3CC[C@]12C. The van der Waals surface area contributed by atoms with Gasteiger partial charge in [-0.15, -0.1) is 10.2 Å². The molecule has 2 aromatic rings. The number of methoxy groups -OCH3 is 1. The minimum Gasteiger partial charge on any atom is -0.480 e. The Kier molecular flexibility index (Phi) is 5.71. The number of halogens is 1. The molecule has 1 amide bonds. The van der Waals surface area contributed by atoms with Crippen molar-refractivity contribution in [3.05, 3.63) is 59.4 Å². The predicted molar refractivity (Wildman–Crippen MR) is 125 cm³/mol. The Morgan fingerprint density at radius 2 is 2.12 bits per heavy atom. The summed E-state index contributed by atoms with van der Waals surface area (Å²) in [5.74, 6) is 2.72. The number of nitrogens with one attached hydrogen (secondary N) is 1. The molecule has 3 unspecified atom stereocenters. The molecule has 0 aliphatic heterocycles. The largest absolute Gasteiger partial charge is 0.480 e. The molecule has 5 atom stereocenters. The van der Waals surface area contributed by atoms with Crippen molar-refractivity contribution in [1.29, 1.82) is 0 Å². The Hall–Kier alpha value is -2.76. The van der Waals surface area contributed by atoms with E-state index in [2.05, 4.69) is 29.0 Å². The highest BCUT2D eigenvalue weighted by molar-refractivity contribution is 5.89. The summed E-state index contributed by atoms with van der Waals surface area (Å²) >= 11 is 0. The van der Waals surface area contributed by atoms with E-state index in [1.165, 1.54) is 23.8 Å². The second-order valence-corrected chi connectivity index (χ2v) is 10.2. The van der Waals surface area contributed by atoms with Gasteiger partial charge < -0.3 is 10.1 Å². The van der Waals surface area contributed by atoms with Crippen LogP contribution in [-0.4, -0.2) is 23.2 Å². The van der Waals surface area contributed by atoms with Gasteiger partial charge in [-0.1, -0.05) is 25.1 Å². The van der Waals surface area contributed by atoms with Gasteiger partial charge in [-0.3, -0.25) is 4.79 Å². The second kappa shape index (κ2) is 8.54. The van der Waals surface area contributed by atoms with E-state index in [-0.39, 0.29) is 17.1 Å². The zero-order valence-electron chi connectivity index (χ0n) is 19.4. The third-order valence-electron chi connectivity index (χ3n) is 8.62. The first-order valence-electron chi connectivity index (χ1n) is 12.0. The van der Waals surface area contributed by atoms with Crippen molar-refractivity contribution >= 4 is 11.7 Å². The molecule has 33 heavy (non-hydrogen) atoms. The number of carbonyl (C=O) groups is 1. The molecule has 0 saturated heterocycles. The van der Waals surface area contributed by atoms with E-state index in [1.54, 1.807) is 24.3 Å². The normalized spacial score (nSPS) is 30.2. The van der Waals surface area contributed by atoms with Crippen LogP contribution in [0.25, 0.3) is 0 Å². The van der Waals surface area contributed by atoms with Crippen LogP contribution >= 0.6 is 0 Å². The first kappa shape index (κ1) is 22.1. The maximum absolute atomic E-state index is 13.8. The number of nitrogens with zero attached hydrogens (tertiary/aromatic N) is 2. The summed E-state index contributed by atoms with van der Waals surface area (Å²) in [6.45, 7) is 6.88. The topological polar surface area (TPSA) is 64.1 Å². The molecule has 0 radical (unpaired) electrons. The van der Waals surface area contributed by atoms with E-state index in [1.807, 2.05) is 6.07 Å². The average Bonchev–Trinajstić information content (AvgIpc) is 3.07. The Balaban J connectivity index is 1.30. The van der Waals surface area contributed by atoms with Crippen LogP contribution in [0.4, 0.5) is 10.2 Å². The Morgan fingerprint density at radius 1 is 1.27 bits per heavy atom. The van der Waals surface area contributed by atoms with Gasteiger partial charge in [-0.05, 0) is 96.9 Å². The number of aromatic nitrogens is 2. The first-order valence-corrected chi connectivity index (χ1v) is 12.0. The Morgan fingerprint density at radius 3 is 2.88 bits per heavy atom. The first-order chi connectivity index (χ1) is 15.9. The molecule has 0 spiro atoms. The van der Waals surface area contributed by atoms with Crippen LogP contribution < -0.4 is 10.1 Å². The fourth-order valence-electron chi connectivity index (χ4n) is 7.06. The minimum absolute atomic E-state index is 0.0366. The van der Waals surface area contributed by atoms with Crippen LogP contribution in [0, 0.1) is 29.0 Å². The van der Waals surface area contributed by atoms with Crippen molar-refractivity contribution < 1.29 is 13.9 Å². The van der Waals surface area contributed by atoms with Gasteiger partial charge in [0.15, 0.2) is 5.82 Å². The van der Waals surface area contributed by atoms with E-state index < -0.39 is 0 Å². The second-order valence-electron chi connectivity index (χ2n) is 10.2. The van der Waals surface area contributed by atoms with Crippen molar-refractivity contribution in [2.75, 3.05) is 12.4 Å². The summed E-state index contributed by atoms with van der Waals surface area (Å²) in [6.07, 6.45) is 6.59. The number of anilines is 1. The van der Waals surface area contributed by atoms with E-state index in [9.17, 15) is 9.18 Å². The lowest BCUT2D eigenvalue weighted by Gasteiger charge is -2.51. The van der Waals surface area contributed by atoms with E-state index >= 15 is 0 Å². The molecule has 2 saturated carbocycles. The molecular formula is C27H32FN3O2. The standard InChI is InChI=1S/C27H32FN3O2/c1-16-14-18(5-10-24(32)29-23-9-11-25(33-3)31-30-23)26-22-7-4-17-15-19(28)6-8-20(17)21(22)12-13-27(16,26)2/h6,8-9,11,15,18,21-22,26H,1,4-5,7,10,12-14H2,2-3H3,(H,29,30,32)/t18-,21?,22?,26?,27-/m1/s1. The maximum Gasteiger partial charge on any atom is 0.233 e. The van der Waals surface area contributed by atoms with Crippen molar-refractivity contribution in [2.24, 2.45) is 23.2 Å². The molecule has 5 nitrogen and oxygen atoms in total. The van der Waals surface area contributed by atoms with Crippen molar-refractivity contribution in [1.82, 2.24) is 10.2 Å². The number of ether oxygens (including phenoxy) is 1. The zero-order chi connectivity index (χ0) is 23.2. The van der Waals surface area contributed by atoms with Crippen LogP contribution in [0.3, 0.4) is 0 Å². The molecule has 174 valence electrons. The van der Waals surface area contributed by atoms with Gasteiger partial charge in [-0.25, -0.2) is 4.39 Å². The van der Waals surface area contributed by atoms with Crippen LogP contribution in [0.15, 0.2) is 42.5 Å². The highest BCUT2D eigenvalue weighted by Gasteiger charge is 2.55. The van der Waals surface area contributed by atoms with Gasteiger partial charge in [0.1, 0.15) is 5.82 Å². The van der Waals surface area contributed by atoms with Gasteiger partial charge in [0, 0.05) is 12.5 Å². The summed E-state index contributed by atoms with van der Waals surface area (Å²) in [5.41, 5.74) is 4.03. The van der Waals surface area contributed by atoms with Crippen LogP contribution in [-0.2, 0) is 11.2 Å². The van der Waals surface area contributed by atoms with Crippen molar-refractivity contribution in [3.63, 3.8) is 0 Å². The van der Waals surface area contributed by atoms with Crippen molar-refractivity contribution in [2.45, 2.75) is 57.8 Å². The Bertz CT molecular complexity index is 1070. The van der Waals surface area contributed by atoms with Gasteiger partial charge in [0.25, 0.3) is 0 Å². The summed E-state index contributed by atoms with van der Waals surface area (Å²) < 4.78 is 18.8. The number of benzene rings is 1. The lowest BCUT2D eigenvalue weighted by Crippen LogP contribution is -2.42. The highest BCUT2D eigenvalue weighted by atomic mass is 19.1. The molecule has 1 N–H and O–H groups in total. The third-order valence-corrected chi connectivity index (χ3v) is 8.62. The maximum atomic E-state index is 13.8. The van der Waals surface area contributed by atoms with Gasteiger partial charge in [0.2, 0.25) is 11.8 Å². The fraction of sp³-hybridized carbons (Fsp3) is 0.519.